The van der Waals surface area contributed by atoms with Crippen LogP contribution in [0.25, 0.3) is 0 Å². The van der Waals surface area contributed by atoms with Crippen LogP contribution in [0.3, 0.4) is 0 Å². The SMILES string of the molecule is CC(C)(C)N(CCC(=O)O)CC(F)(F)c1ccccc1. The first kappa shape index (κ1) is 16.6. The van der Waals surface area contributed by atoms with E-state index in [1.165, 1.54) is 17.0 Å². The van der Waals surface area contributed by atoms with Crippen LogP contribution in [0.5, 0.6) is 0 Å². The molecular formula is C15H21F2NO2. The first-order chi connectivity index (χ1) is 9.13. The summed E-state index contributed by atoms with van der Waals surface area (Å²) >= 11 is 0. The highest BCUT2D eigenvalue weighted by atomic mass is 19.3. The van der Waals surface area contributed by atoms with Crippen molar-refractivity contribution in [3.63, 3.8) is 0 Å². The Morgan fingerprint density at radius 1 is 1.20 bits per heavy atom. The van der Waals surface area contributed by atoms with Gasteiger partial charge in [0.2, 0.25) is 0 Å². The molecule has 0 saturated heterocycles. The summed E-state index contributed by atoms with van der Waals surface area (Å²) in [4.78, 5) is 12.2. The summed E-state index contributed by atoms with van der Waals surface area (Å²) in [6.07, 6.45) is -0.151. The molecule has 0 fully saturated rings. The average Bonchev–Trinajstić information content (AvgIpc) is 2.34. The van der Waals surface area contributed by atoms with E-state index in [1.807, 2.05) is 0 Å². The maximum absolute atomic E-state index is 14.3. The van der Waals surface area contributed by atoms with Gasteiger partial charge in [-0.2, -0.15) is 8.78 Å². The third-order valence-corrected chi connectivity index (χ3v) is 3.13. The molecule has 0 saturated carbocycles. The Morgan fingerprint density at radius 3 is 2.20 bits per heavy atom. The van der Waals surface area contributed by atoms with Gasteiger partial charge in [-0.05, 0) is 20.8 Å². The summed E-state index contributed by atoms with van der Waals surface area (Å²) in [6.45, 7) is 5.01. The van der Waals surface area contributed by atoms with Crippen LogP contribution in [0.2, 0.25) is 0 Å². The van der Waals surface area contributed by atoms with E-state index in [0.717, 1.165) is 0 Å². The predicted octanol–water partition coefficient (Wildman–Crippen LogP) is 3.35. The van der Waals surface area contributed by atoms with Crippen molar-refractivity contribution in [3.8, 4) is 0 Å². The summed E-state index contributed by atoms with van der Waals surface area (Å²) in [7, 11) is 0. The van der Waals surface area contributed by atoms with E-state index in [1.54, 1.807) is 39.0 Å². The van der Waals surface area contributed by atoms with Gasteiger partial charge < -0.3 is 5.11 Å². The van der Waals surface area contributed by atoms with Crippen molar-refractivity contribution >= 4 is 5.97 Å². The number of carbonyl (C=O) groups is 1. The molecule has 0 aliphatic rings. The summed E-state index contributed by atoms with van der Waals surface area (Å²) < 4.78 is 28.5. The molecule has 0 heterocycles. The number of nitrogens with zero attached hydrogens (tertiary/aromatic N) is 1. The fraction of sp³-hybridized carbons (Fsp3) is 0.533. The number of alkyl halides is 2. The van der Waals surface area contributed by atoms with E-state index in [9.17, 15) is 13.6 Å². The molecule has 3 nitrogen and oxygen atoms in total. The monoisotopic (exact) mass is 285 g/mol. The van der Waals surface area contributed by atoms with Crippen molar-refractivity contribution in [2.75, 3.05) is 13.1 Å². The van der Waals surface area contributed by atoms with E-state index in [4.69, 9.17) is 5.11 Å². The Balaban J connectivity index is 2.86. The van der Waals surface area contributed by atoms with Crippen LogP contribution in [-0.2, 0) is 10.7 Å². The zero-order valence-corrected chi connectivity index (χ0v) is 12.1. The molecule has 1 rings (SSSR count). The summed E-state index contributed by atoms with van der Waals surface area (Å²) in [5, 5.41) is 8.73. The molecule has 0 amide bonds. The number of hydrogen-bond donors (Lipinski definition) is 1. The molecule has 5 heteroatoms. The number of rotatable bonds is 6. The number of carboxylic acids is 1. The third-order valence-electron chi connectivity index (χ3n) is 3.13. The highest BCUT2D eigenvalue weighted by Crippen LogP contribution is 2.31. The molecule has 1 aromatic rings. The quantitative estimate of drug-likeness (QED) is 0.871. The second kappa shape index (κ2) is 6.31. The molecule has 1 aromatic carbocycles. The Morgan fingerprint density at radius 2 is 1.75 bits per heavy atom. The Kier molecular flexibility index (Phi) is 5.22. The van der Waals surface area contributed by atoms with Gasteiger partial charge >= 0.3 is 5.97 Å². The fourth-order valence-electron chi connectivity index (χ4n) is 1.90. The molecule has 0 aliphatic carbocycles. The minimum atomic E-state index is -3.01. The topological polar surface area (TPSA) is 40.5 Å². The molecule has 0 unspecified atom stereocenters. The Labute approximate surface area is 118 Å². The van der Waals surface area contributed by atoms with Crippen molar-refractivity contribution < 1.29 is 18.7 Å². The molecule has 0 spiro atoms. The largest absolute Gasteiger partial charge is 0.481 e. The number of aliphatic carboxylic acids is 1. The molecule has 0 atom stereocenters. The van der Waals surface area contributed by atoms with Crippen molar-refractivity contribution in [2.24, 2.45) is 0 Å². The zero-order valence-electron chi connectivity index (χ0n) is 12.1. The van der Waals surface area contributed by atoms with E-state index < -0.39 is 24.0 Å². The van der Waals surface area contributed by atoms with Crippen LogP contribution in [0.1, 0.15) is 32.8 Å². The van der Waals surface area contributed by atoms with Crippen LogP contribution in [0, 0.1) is 0 Å². The van der Waals surface area contributed by atoms with Gasteiger partial charge in [0.05, 0.1) is 13.0 Å². The summed E-state index contributed by atoms with van der Waals surface area (Å²) in [5.74, 6) is -3.99. The number of benzene rings is 1. The molecule has 112 valence electrons. The highest BCUT2D eigenvalue weighted by Gasteiger charge is 2.37. The second-order valence-corrected chi connectivity index (χ2v) is 5.81. The molecule has 1 N–H and O–H groups in total. The number of halogens is 2. The highest BCUT2D eigenvalue weighted by molar-refractivity contribution is 5.66. The number of hydrogen-bond acceptors (Lipinski definition) is 2. The lowest BCUT2D eigenvalue weighted by molar-refractivity contribution is -0.138. The second-order valence-electron chi connectivity index (χ2n) is 5.81. The minimum absolute atomic E-state index is 0.0513. The molecule has 0 bridgehead atoms. The molecule has 0 aromatic heterocycles. The van der Waals surface area contributed by atoms with Gasteiger partial charge in [-0.25, -0.2) is 0 Å². The average molecular weight is 285 g/mol. The standard InChI is InChI=1S/C15H21F2NO2/c1-14(2,3)18(10-9-13(19)20)11-15(16,17)12-7-5-4-6-8-12/h4-8H,9-11H2,1-3H3,(H,19,20). The van der Waals surface area contributed by atoms with Gasteiger partial charge in [0.15, 0.2) is 0 Å². The van der Waals surface area contributed by atoms with Crippen LogP contribution >= 0.6 is 0 Å². The van der Waals surface area contributed by atoms with Gasteiger partial charge in [-0.1, -0.05) is 30.3 Å². The van der Waals surface area contributed by atoms with Crippen LogP contribution in [0.15, 0.2) is 30.3 Å². The van der Waals surface area contributed by atoms with Crippen LogP contribution in [-0.4, -0.2) is 34.6 Å². The van der Waals surface area contributed by atoms with Gasteiger partial charge in [0.25, 0.3) is 5.92 Å². The maximum Gasteiger partial charge on any atom is 0.304 e. The zero-order chi connectivity index (χ0) is 15.4. The Hall–Kier alpha value is -1.49. The molecule has 0 radical (unpaired) electrons. The normalized spacial score (nSPS) is 12.7. The van der Waals surface area contributed by atoms with Crippen molar-refractivity contribution in [1.82, 2.24) is 4.90 Å². The van der Waals surface area contributed by atoms with Gasteiger partial charge in [-0.15, -0.1) is 0 Å². The van der Waals surface area contributed by atoms with Crippen molar-refractivity contribution in [1.29, 1.82) is 0 Å². The molecule has 0 aliphatic heterocycles. The summed E-state index contributed by atoms with van der Waals surface area (Å²) in [6, 6.07) is 7.60. The lowest BCUT2D eigenvalue weighted by Crippen LogP contribution is -2.47. The minimum Gasteiger partial charge on any atom is -0.481 e. The fourth-order valence-corrected chi connectivity index (χ4v) is 1.90. The molecular weight excluding hydrogens is 264 g/mol. The Bertz CT molecular complexity index is 441. The van der Waals surface area contributed by atoms with Crippen molar-refractivity contribution in [3.05, 3.63) is 35.9 Å². The summed E-state index contributed by atoms with van der Waals surface area (Å²) in [5.41, 5.74) is -0.571. The predicted molar refractivity (Wildman–Crippen MR) is 73.9 cm³/mol. The van der Waals surface area contributed by atoms with E-state index in [2.05, 4.69) is 0 Å². The smallest absolute Gasteiger partial charge is 0.304 e. The van der Waals surface area contributed by atoms with Gasteiger partial charge in [0.1, 0.15) is 0 Å². The lowest BCUT2D eigenvalue weighted by atomic mass is 10.0. The first-order valence-corrected chi connectivity index (χ1v) is 6.53. The molecule has 20 heavy (non-hydrogen) atoms. The van der Waals surface area contributed by atoms with Crippen LogP contribution < -0.4 is 0 Å². The van der Waals surface area contributed by atoms with E-state index >= 15 is 0 Å². The van der Waals surface area contributed by atoms with E-state index in [0.29, 0.717) is 0 Å². The van der Waals surface area contributed by atoms with Gasteiger partial charge in [0, 0.05) is 17.6 Å². The van der Waals surface area contributed by atoms with Crippen LogP contribution in [0.4, 0.5) is 8.78 Å². The third kappa shape index (κ3) is 4.89. The van der Waals surface area contributed by atoms with Gasteiger partial charge in [-0.3, -0.25) is 9.69 Å². The van der Waals surface area contributed by atoms with E-state index in [-0.39, 0.29) is 18.5 Å². The maximum atomic E-state index is 14.3. The number of carboxylic acid groups (broad SMARTS) is 1. The van der Waals surface area contributed by atoms with Crippen molar-refractivity contribution in [2.45, 2.75) is 38.7 Å². The first-order valence-electron chi connectivity index (χ1n) is 6.53. The lowest BCUT2D eigenvalue weighted by Gasteiger charge is -2.37.